The maximum absolute atomic E-state index is 2.45. The summed E-state index contributed by atoms with van der Waals surface area (Å²) >= 11 is 0.335. The molecule has 0 saturated heterocycles. The van der Waals surface area contributed by atoms with Gasteiger partial charge in [-0.3, -0.25) is 0 Å². The molecule has 4 aromatic rings. The summed E-state index contributed by atoms with van der Waals surface area (Å²) in [5.41, 5.74) is 7.20. The first-order valence-electron chi connectivity index (χ1n) is 9.70. The van der Waals surface area contributed by atoms with Crippen molar-refractivity contribution >= 4 is 45.6 Å². The molecule has 0 radical (unpaired) electrons. The fourth-order valence-electron chi connectivity index (χ4n) is 4.51. The first-order chi connectivity index (χ1) is 13.1. The molecule has 5 rings (SSSR count). The van der Waals surface area contributed by atoms with Crippen LogP contribution in [0, 0.1) is 12.8 Å². The molecule has 0 fully saturated rings. The van der Waals surface area contributed by atoms with Crippen LogP contribution in [0.1, 0.15) is 25.0 Å². The Balaban J connectivity index is 2.00. The zero-order valence-electron chi connectivity index (χ0n) is 16.3. The van der Waals surface area contributed by atoms with E-state index < -0.39 is 0 Å². The Morgan fingerprint density at radius 2 is 1.78 bits per heavy atom. The predicted molar refractivity (Wildman–Crippen MR) is 116 cm³/mol. The Morgan fingerprint density at radius 1 is 0.963 bits per heavy atom. The topological polar surface area (TPSA) is 3.88 Å². The molecule has 2 heteroatoms. The molecule has 1 aliphatic rings. The molecular weight excluding hydrogens is 393 g/mol. The van der Waals surface area contributed by atoms with Gasteiger partial charge in [0.25, 0.3) is 0 Å². The van der Waals surface area contributed by atoms with Crippen molar-refractivity contribution in [2.24, 2.45) is 13.0 Å². The van der Waals surface area contributed by atoms with Gasteiger partial charge in [0.15, 0.2) is 0 Å². The van der Waals surface area contributed by atoms with Crippen LogP contribution in [0.3, 0.4) is 0 Å². The monoisotopic (exact) mass is 418 g/mol. The molecule has 0 saturated carbocycles. The number of aromatic nitrogens is 1. The van der Waals surface area contributed by atoms with E-state index in [4.69, 9.17) is 0 Å². The molecule has 0 N–H and O–H groups in total. The van der Waals surface area contributed by atoms with E-state index in [1.54, 1.807) is 10.0 Å². The van der Waals surface area contributed by atoms with Crippen molar-refractivity contribution in [2.75, 3.05) is 0 Å². The van der Waals surface area contributed by atoms with Gasteiger partial charge in [0.2, 0.25) is 0 Å². The number of rotatable bonds is 2. The first kappa shape index (κ1) is 17.0. The van der Waals surface area contributed by atoms with Crippen molar-refractivity contribution in [3.63, 3.8) is 0 Å². The van der Waals surface area contributed by atoms with Crippen molar-refractivity contribution < 1.29 is 4.57 Å². The fraction of sp³-hybridized carbons (Fsp3) is 0.240. The Bertz CT molecular complexity index is 1220. The normalized spacial score (nSPS) is 12.8. The second-order valence-corrected chi connectivity index (χ2v) is 10.3. The van der Waals surface area contributed by atoms with Gasteiger partial charge < -0.3 is 0 Å². The zero-order valence-corrected chi connectivity index (χ0v) is 18.0. The third kappa shape index (κ3) is 2.47. The molecule has 2 heterocycles. The molecule has 1 aromatic heterocycles. The molecule has 1 aliphatic heterocycles. The number of aryl methyl sites for hydroxylation is 2. The molecule has 27 heavy (non-hydrogen) atoms. The Hall–Kier alpha value is -2.15. The van der Waals surface area contributed by atoms with Gasteiger partial charge in [-0.2, -0.15) is 0 Å². The summed E-state index contributed by atoms with van der Waals surface area (Å²) in [4.78, 5) is 0. The molecule has 1 nitrogen and oxygen atoms in total. The number of pyridine rings is 1. The first-order valence-corrected chi connectivity index (χ1v) is 11.4. The summed E-state index contributed by atoms with van der Waals surface area (Å²) in [7, 11) is 2.25. The standard InChI is InChI=1S/C25H24NSe/c1-15(2)14-19-18-9-5-6-10-20(18)26(4)24-22-16(3)12-13-17-8-7-11-21(23(17)22)27-25(19)24/h5-13,15H,14H2,1-4H3/q+1. The van der Waals surface area contributed by atoms with Crippen LogP contribution < -0.4 is 13.5 Å². The van der Waals surface area contributed by atoms with Crippen LogP contribution in [0.2, 0.25) is 0 Å². The molecule has 134 valence electrons. The van der Waals surface area contributed by atoms with E-state index in [1.165, 1.54) is 43.0 Å². The van der Waals surface area contributed by atoms with E-state index in [1.807, 2.05) is 0 Å². The van der Waals surface area contributed by atoms with Crippen molar-refractivity contribution in [1.29, 1.82) is 0 Å². The molecular formula is C25H24NSe+. The SMILES string of the molecule is Cc1ccc2cccc3c2c1-c1c(c(CC(C)C)c2ccccc2[n+]1C)[Se]3. The third-order valence-electron chi connectivity index (χ3n) is 5.69. The minimum absolute atomic E-state index is 0.335. The zero-order chi connectivity index (χ0) is 18.7. The van der Waals surface area contributed by atoms with Crippen LogP contribution in [-0.2, 0) is 13.5 Å². The van der Waals surface area contributed by atoms with Gasteiger partial charge in [-0.1, -0.05) is 0 Å². The van der Waals surface area contributed by atoms with Gasteiger partial charge in [-0.25, -0.2) is 0 Å². The van der Waals surface area contributed by atoms with E-state index >= 15 is 0 Å². The summed E-state index contributed by atoms with van der Waals surface area (Å²) in [5, 5.41) is 4.28. The van der Waals surface area contributed by atoms with E-state index in [9.17, 15) is 0 Å². The summed E-state index contributed by atoms with van der Waals surface area (Å²) in [5.74, 6) is 0.648. The number of nitrogens with zero attached hydrogens (tertiary/aromatic N) is 1. The number of benzene rings is 3. The van der Waals surface area contributed by atoms with Gasteiger partial charge in [0, 0.05) is 0 Å². The van der Waals surface area contributed by atoms with Crippen molar-refractivity contribution in [2.45, 2.75) is 27.2 Å². The molecule has 3 aromatic carbocycles. The number of hydrogen-bond acceptors (Lipinski definition) is 0. The second kappa shape index (κ2) is 6.19. The van der Waals surface area contributed by atoms with Crippen LogP contribution in [0.25, 0.3) is 32.9 Å². The van der Waals surface area contributed by atoms with Gasteiger partial charge in [0.05, 0.1) is 0 Å². The molecule has 0 amide bonds. The number of fused-ring (bicyclic) bond motifs is 3. The van der Waals surface area contributed by atoms with Gasteiger partial charge in [-0.15, -0.1) is 0 Å². The van der Waals surface area contributed by atoms with Crippen LogP contribution in [0.5, 0.6) is 0 Å². The summed E-state index contributed by atoms with van der Waals surface area (Å²) in [6, 6.07) is 20.4. The Kier molecular flexibility index (Phi) is 3.89. The Morgan fingerprint density at radius 3 is 2.59 bits per heavy atom. The van der Waals surface area contributed by atoms with Gasteiger partial charge >= 0.3 is 167 Å². The quantitative estimate of drug-likeness (QED) is 0.302. The van der Waals surface area contributed by atoms with Crippen molar-refractivity contribution in [1.82, 2.24) is 0 Å². The fourth-order valence-corrected chi connectivity index (χ4v) is 7.32. The number of para-hydroxylation sites is 1. The van der Waals surface area contributed by atoms with Crippen molar-refractivity contribution in [3.05, 3.63) is 65.7 Å². The Labute approximate surface area is 167 Å². The molecule has 0 unspecified atom stereocenters. The molecule has 0 spiro atoms. The summed E-state index contributed by atoms with van der Waals surface area (Å²) < 4.78 is 5.58. The van der Waals surface area contributed by atoms with E-state index in [0.717, 1.165) is 6.42 Å². The number of hydrogen-bond donors (Lipinski definition) is 0. The average molecular weight is 417 g/mol. The second-order valence-electron chi connectivity index (χ2n) is 8.04. The molecule has 0 atom stereocenters. The molecule has 0 bridgehead atoms. The van der Waals surface area contributed by atoms with Gasteiger partial charge in [-0.05, 0) is 0 Å². The summed E-state index contributed by atoms with van der Waals surface area (Å²) in [6.07, 6.45) is 1.14. The van der Waals surface area contributed by atoms with Crippen LogP contribution >= 0.6 is 0 Å². The van der Waals surface area contributed by atoms with Gasteiger partial charge in [0.1, 0.15) is 0 Å². The third-order valence-corrected chi connectivity index (χ3v) is 8.22. The van der Waals surface area contributed by atoms with Crippen LogP contribution in [0.4, 0.5) is 0 Å². The minimum atomic E-state index is 0.335. The summed E-state index contributed by atoms with van der Waals surface area (Å²) in [6.45, 7) is 6.94. The van der Waals surface area contributed by atoms with Crippen molar-refractivity contribution in [3.8, 4) is 11.3 Å². The van der Waals surface area contributed by atoms with E-state index in [0.29, 0.717) is 20.9 Å². The van der Waals surface area contributed by atoms with Crippen LogP contribution in [-0.4, -0.2) is 15.0 Å². The van der Waals surface area contributed by atoms with E-state index in [2.05, 4.69) is 87.0 Å². The van der Waals surface area contributed by atoms with Crippen LogP contribution in [0.15, 0.2) is 54.6 Å². The predicted octanol–water partition coefficient (Wildman–Crippen LogP) is 3.96. The van der Waals surface area contributed by atoms with E-state index in [-0.39, 0.29) is 0 Å². The average Bonchev–Trinajstić information content (AvgIpc) is 2.67. The maximum atomic E-state index is 2.45. The molecule has 0 aliphatic carbocycles.